The van der Waals surface area contributed by atoms with Crippen molar-refractivity contribution in [2.24, 2.45) is 0 Å². The van der Waals surface area contributed by atoms with Crippen LogP contribution in [0.1, 0.15) is 43.5 Å². The molecule has 152 valence electrons. The molecule has 1 amide bonds. The van der Waals surface area contributed by atoms with Crippen LogP contribution in [0.4, 0.5) is 0 Å². The van der Waals surface area contributed by atoms with Crippen LogP contribution >= 0.6 is 11.3 Å². The third kappa shape index (κ3) is 3.05. The summed E-state index contributed by atoms with van der Waals surface area (Å²) >= 11 is 1.38. The molecular formula is C21H24N4O3S. The SMILES string of the molecule is Cc1nc2sc3c(=O)n(CC(=O)N4CCCC4)cnc3c2c2c1COC(C)(C)C2. The first-order valence-corrected chi connectivity index (χ1v) is 10.9. The van der Waals surface area contributed by atoms with Gasteiger partial charge in [-0.15, -0.1) is 11.3 Å². The summed E-state index contributed by atoms with van der Waals surface area (Å²) in [6, 6.07) is 0. The third-order valence-electron chi connectivity index (χ3n) is 5.99. The van der Waals surface area contributed by atoms with Gasteiger partial charge in [0.05, 0.1) is 24.1 Å². The van der Waals surface area contributed by atoms with Crippen LogP contribution in [0.25, 0.3) is 20.4 Å². The van der Waals surface area contributed by atoms with E-state index in [1.807, 2.05) is 11.8 Å². The fourth-order valence-corrected chi connectivity index (χ4v) is 5.54. The van der Waals surface area contributed by atoms with Gasteiger partial charge in [0, 0.05) is 36.2 Å². The molecule has 7 nitrogen and oxygen atoms in total. The number of pyridine rings is 1. The van der Waals surface area contributed by atoms with Crippen LogP contribution in [0.2, 0.25) is 0 Å². The quantitative estimate of drug-likeness (QED) is 0.647. The van der Waals surface area contributed by atoms with E-state index < -0.39 is 0 Å². The van der Waals surface area contributed by atoms with Gasteiger partial charge in [0.25, 0.3) is 5.56 Å². The zero-order valence-electron chi connectivity index (χ0n) is 16.9. The molecule has 1 fully saturated rings. The molecule has 0 aliphatic carbocycles. The maximum atomic E-state index is 13.1. The van der Waals surface area contributed by atoms with E-state index >= 15 is 0 Å². The second-order valence-electron chi connectivity index (χ2n) is 8.60. The van der Waals surface area contributed by atoms with E-state index in [2.05, 4.69) is 18.8 Å². The average molecular weight is 413 g/mol. The van der Waals surface area contributed by atoms with Crippen LogP contribution in [0.15, 0.2) is 11.1 Å². The van der Waals surface area contributed by atoms with Crippen LogP contribution in [-0.2, 0) is 29.1 Å². The summed E-state index contributed by atoms with van der Waals surface area (Å²) < 4.78 is 7.99. The largest absolute Gasteiger partial charge is 0.370 e. The Hall–Kier alpha value is -2.32. The van der Waals surface area contributed by atoms with Crippen molar-refractivity contribution in [2.75, 3.05) is 13.1 Å². The van der Waals surface area contributed by atoms with Crippen molar-refractivity contribution in [3.63, 3.8) is 0 Å². The molecule has 29 heavy (non-hydrogen) atoms. The summed E-state index contributed by atoms with van der Waals surface area (Å²) in [5.41, 5.74) is 3.50. The topological polar surface area (TPSA) is 77.3 Å². The van der Waals surface area contributed by atoms with Gasteiger partial charge in [-0.05, 0) is 39.2 Å². The fourth-order valence-electron chi connectivity index (χ4n) is 4.38. The molecule has 2 aliphatic heterocycles. The Kier molecular flexibility index (Phi) is 4.25. The molecule has 8 heteroatoms. The van der Waals surface area contributed by atoms with E-state index in [0.29, 0.717) is 16.8 Å². The Morgan fingerprint density at radius 1 is 1.28 bits per heavy atom. The minimum Gasteiger partial charge on any atom is -0.370 e. The Morgan fingerprint density at radius 3 is 2.79 bits per heavy atom. The predicted molar refractivity (Wildman–Crippen MR) is 112 cm³/mol. The molecule has 0 spiro atoms. The van der Waals surface area contributed by atoms with Gasteiger partial charge in [0.2, 0.25) is 5.91 Å². The number of likely N-dealkylation sites (tertiary alicyclic amines) is 1. The number of hydrogen-bond acceptors (Lipinski definition) is 6. The van der Waals surface area contributed by atoms with E-state index in [1.165, 1.54) is 27.8 Å². The van der Waals surface area contributed by atoms with Gasteiger partial charge in [-0.25, -0.2) is 9.97 Å². The van der Waals surface area contributed by atoms with E-state index in [-0.39, 0.29) is 23.6 Å². The number of ether oxygens (including phenoxy) is 1. The highest BCUT2D eigenvalue weighted by Crippen LogP contribution is 2.39. The number of rotatable bonds is 2. The van der Waals surface area contributed by atoms with Crippen LogP contribution in [0, 0.1) is 6.92 Å². The number of fused-ring (bicyclic) bond motifs is 5. The minimum atomic E-state index is -0.265. The maximum Gasteiger partial charge on any atom is 0.271 e. The normalized spacial score (nSPS) is 18.5. The van der Waals surface area contributed by atoms with Crippen molar-refractivity contribution < 1.29 is 9.53 Å². The zero-order chi connectivity index (χ0) is 20.3. The smallest absolute Gasteiger partial charge is 0.271 e. The first-order chi connectivity index (χ1) is 13.8. The molecule has 3 aromatic rings. The van der Waals surface area contributed by atoms with Crippen LogP contribution in [0.5, 0.6) is 0 Å². The summed E-state index contributed by atoms with van der Waals surface area (Å²) in [5.74, 6) is -0.0166. The van der Waals surface area contributed by atoms with Gasteiger partial charge in [-0.2, -0.15) is 0 Å². The van der Waals surface area contributed by atoms with Gasteiger partial charge >= 0.3 is 0 Å². The maximum absolute atomic E-state index is 13.1. The standard InChI is InChI=1S/C21H24N4O3S/c1-12-14-10-28-21(2,3)8-13(14)16-17-18(29-19(16)23-12)20(27)25(11-22-17)9-15(26)24-6-4-5-7-24/h11H,4-10H2,1-3H3. The lowest BCUT2D eigenvalue weighted by atomic mass is 9.89. The van der Waals surface area contributed by atoms with Crippen LogP contribution < -0.4 is 5.56 Å². The average Bonchev–Trinajstić information content (AvgIpc) is 3.31. The molecule has 0 radical (unpaired) electrons. The van der Waals surface area contributed by atoms with Crippen molar-refractivity contribution in [1.82, 2.24) is 19.4 Å². The molecule has 5 heterocycles. The lowest BCUT2D eigenvalue weighted by Crippen LogP contribution is -2.34. The fraction of sp³-hybridized carbons (Fsp3) is 0.524. The lowest BCUT2D eigenvalue weighted by Gasteiger charge is -2.32. The summed E-state index contributed by atoms with van der Waals surface area (Å²) in [4.78, 5) is 37.7. The number of hydrogen-bond donors (Lipinski definition) is 0. The van der Waals surface area contributed by atoms with E-state index in [1.54, 1.807) is 0 Å². The Balaban J connectivity index is 1.64. The van der Waals surface area contributed by atoms with Gasteiger partial charge < -0.3 is 9.64 Å². The Bertz CT molecular complexity index is 1200. The molecule has 0 aromatic carbocycles. The number of carbonyl (C=O) groups excluding carboxylic acids is 1. The van der Waals surface area contributed by atoms with Crippen molar-refractivity contribution in [2.45, 2.75) is 58.8 Å². The number of aryl methyl sites for hydroxylation is 1. The number of amides is 1. The molecule has 1 saturated heterocycles. The number of carbonyl (C=O) groups is 1. The molecular weight excluding hydrogens is 388 g/mol. The number of thiophene rings is 1. The van der Waals surface area contributed by atoms with Gasteiger partial charge in [-0.3, -0.25) is 14.2 Å². The molecule has 0 bridgehead atoms. The summed E-state index contributed by atoms with van der Waals surface area (Å²) in [6.45, 7) is 8.27. The van der Waals surface area contributed by atoms with Crippen molar-refractivity contribution in [3.05, 3.63) is 33.5 Å². The van der Waals surface area contributed by atoms with Gasteiger partial charge in [0.15, 0.2) is 0 Å². The summed E-state index contributed by atoms with van der Waals surface area (Å²) in [6.07, 6.45) is 4.34. The van der Waals surface area contributed by atoms with Crippen LogP contribution in [0.3, 0.4) is 0 Å². The summed E-state index contributed by atoms with van der Waals surface area (Å²) in [5, 5.41) is 0.970. The first-order valence-electron chi connectivity index (χ1n) is 10.1. The van der Waals surface area contributed by atoms with Crippen LogP contribution in [-0.4, -0.2) is 44.0 Å². The Labute approximate surface area is 172 Å². The van der Waals surface area contributed by atoms with Gasteiger partial charge in [0.1, 0.15) is 16.1 Å². The molecule has 5 rings (SSSR count). The highest BCUT2D eigenvalue weighted by Gasteiger charge is 2.31. The zero-order valence-corrected chi connectivity index (χ0v) is 17.8. The molecule has 2 aliphatic rings. The lowest BCUT2D eigenvalue weighted by molar-refractivity contribution is -0.130. The van der Waals surface area contributed by atoms with E-state index in [4.69, 9.17) is 9.72 Å². The monoisotopic (exact) mass is 412 g/mol. The Morgan fingerprint density at radius 2 is 2.03 bits per heavy atom. The summed E-state index contributed by atoms with van der Waals surface area (Å²) in [7, 11) is 0. The van der Waals surface area contributed by atoms with E-state index in [0.717, 1.165) is 53.8 Å². The third-order valence-corrected chi connectivity index (χ3v) is 7.05. The van der Waals surface area contributed by atoms with E-state index in [9.17, 15) is 9.59 Å². The molecule has 0 unspecified atom stereocenters. The predicted octanol–water partition coefficient (Wildman–Crippen LogP) is 2.79. The highest BCUT2D eigenvalue weighted by atomic mass is 32.1. The molecule has 0 atom stereocenters. The number of nitrogens with zero attached hydrogens (tertiary/aromatic N) is 4. The molecule has 0 N–H and O–H groups in total. The molecule has 0 saturated carbocycles. The first kappa shape index (κ1) is 18.7. The van der Waals surface area contributed by atoms with Crippen molar-refractivity contribution >= 4 is 37.7 Å². The second-order valence-corrected chi connectivity index (χ2v) is 9.60. The molecule has 3 aromatic heterocycles. The minimum absolute atomic E-state index is 0.0166. The number of aromatic nitrogens is 3. The van der Waals surface area contributed by atoms with Crippen molar-refractivity contribution in [3.8, 4) is 0 Å². The second kappa shape index (κ2) is 6.60. The van der Waals surface area contributed by atoms with Crippen molar-refractivity contribution in [1.29, 1.82) is 0 Å². The highest BCUT2D eigenvalue weighted by molar-refractivity contribution is 7.25. The van der Waals surface area contributed by atoms with Gasteiger partial charge in [-0.1, -0.05) is 0 Å².